The molecule has 9 heteroatoms. The lowest BCUT2D eigenvalue weighted by Crippen LogP contribution is -2.08. The number of sulfone groups is 1. The number of thiophene rings is 1. The molecule has 0 aliphatic carbocycles. The van der Waals surface area contributed by atoms with Gasteiger partial charge in [0.1, 0.15) is 19.9 Å². The quantitative estimate of drug-likeness (QED) is 0.516. The van der Waals surface area contributed by atoms with Gasteiger partial charge in [0.05, 0.1) is 17.4 Å². The van der Waals surface area contributed by atoms with Gasteiger partial charge in [-0.25, -0.2) is 13.2 Å². The van der Waals surface area contributed by atoms with E-state index in [1.807, 2.05) is 6.92 Å². The molecular weight excluding hydrogens is 407 g/mol. The summed E-state index contributed by atoms with van der Waals surface area (Å²) in [5.41, 5.74) is 0.336. The van der Waals surface area contributed by atoms with E-state index >= 15 is 0 Å². The van der Waals surface area contributed by atoms with Gasteiger partial charge >= 0.3 is 5.97 Å². The molecule has 0 radical (unpaired) electrons. The van der Waals surface area contributed by atoms with Gasteiger partial charge in [-0.1, -0.05) is 42.6 Å². The largest absolute Gasteiger partial charge is 0.507 e. The van der Waals surface area contributed by atoms with Crippen LogP contribution in [0.2, 0.25) is 9.36 Å². The summed E-state index contributed by atoms with van der Waals surface area (Å²) in [6.07, 6.45) is 1.61. The number of esters is 1. The summed E-state index contributed by atoms with van der Waals surface area (Å²) in [4.78, 5) is 11.9. The number of phenolic OH excluding ortho intramolecular Hbond substituents is 1. The van der Waals surface area contributed by atoms with E-state index in [0.29, 0.717) is 5.56 Å². The Hall–Kier alpha value is -1.28. The van der Waals surface area contributed by atoms with Gasteiger partial charge in [-0.05, 0) is 30.2 Å². The van der Waals surface area contributed by atoms with E-state index in [2.05, 4.69) is 0 Å². The fraction of sp³-hybridized carbons (Fsp3) is 0.312. The third-order valence-corrected chi connectivity index (χ3v) is 7.42. The Labute approximate surface area is 160 Å². The van der Waals surface area contributed by atoms with Crippen LogP contribution in [-0.4, -0.2) is 26.1 Å². The summed E-state index contributed by atoms with van der Waals surface area (Å²) >= 11 is 12.5. The molecule has 0 atom stereocenters. The van der Waals surface area contributed by atoms with Crippen molar-refractivity contribution in [2.45, 2.75) is 29.7 Å². The molecule has 1 aromatic carbocycles. The molecule has 1 N–H and O–H groups in total. The van der Waals surface area contributed by atoms with Crippen LogP contribution in [0.3, 0.4) is 0 Å². The minimum Gasteiger partial charge on any atom is -0.507 e. The summed E-state index contributed by atoms with van der Waals surface area (Å²) in [5.74, 6) is -1.31. The minimum absolute atomic E-state index is 0.000497. The molecule has 0 bridgehead atoms. The first-order valence-corrected chi connectivity index (χ1v) is 10.6. The number of carbonyl (C=O) groups excluding carboxylic acids is 1. The SMILES string of the molecule is CCCCOC(=O)c1ccc(CS(=O)(=O)c2cc(Cl)c(Cl)s2)cc1O. The Morgan fingerprint density at radius 3 is 2.56 bits per heavy atom. The van der Waals surface area contributed by atoms with Crippen molar-refractivity contribution in [3.63, 3.8) is 0 Å². The molecule has 1 aromatic heterocycles. The van der Waals surface area contributed by atoms with Crippen LogP contribution in [0.25, 0.3) is 0 Å². The molecule has 2 rings (SSSR count). The van der Waals surface area contributed by atoms with E-state index in [0.717, 1.165) is 24.2 Å². The smallest absolute Gasteiger partial charge is 0.341 e. The molecule has 136 valence electrons. The van der Waals surface area contributed by atoms with E-state index in [4.69, 9.17) is 27.9 Å². The number of halogens is 2. The van der Waals surface area contributed by atoms with E-state index < -0.39 is 15.8 Å². The van der Waals surface area contributed by atoms with E-state index in [1.54, 1.807) is 0 Å². The van der Waals surface area contributed by atoms with E-state index in [-0.39, 0.29) is 37.2 Å². The van der Waals surface area contributed by atoms with Gasteiger partial charge in [-0.15, -0.1) is 11.3 Å². The molecule has 0 saturated carbocycles. The molecular formula is C16H16Cl2O5S2. The number of hydrogen-bond donors (Lipinski definition) is 1. The molecule has 0 fully saturated rings. The molecule has 25 heavy (non-hydrogen) atoms. The number of aromatic hydroxyl groups is 1. The van der Waals surface area contributed by atoms with Gasteiger partial charge in [0, 0.05) is 0 Å². The maximum Gasteiger partial charge on any atom is 0.341 e. The Morgan fingerprint density at radius 1 is 1.28 bits per heavy atom. The van der Waals surface area contributed by atoms with Gasteiger partial charge in [0.25, 0.3) is 0 Å². The van der Waals surface area contributed by atoms with Crippen molar-refractivity contribution >= 4 is 50.3 Å². The standard InChI is InChI=1S/C16H16Cl2O5S2/c1-2-3-6-23-16(20)11-5-4-10(7-13(11)19)9-25(21,22)14-8-12(17)15(18)24-14/h4-5,7-8,19H,2-3,6,9H2,1H3. The molecule has 0 saturated heterocycles. The van der Waals surface area contributed by atoms with Gasteiger partial charge in [-0.2, -0.15) is 0 Å². The lowest BCUT2D eigenvalue weighted by atomic mass is 10.1. The predicted octanol–water partition coefficient (Wildman–Crippen LogP) is 4.69. The molecule has 1 heterocycles. The van der Waals surface area contributed by atoms with Crippen molar-refractivity contribution in [3.05, 3.63) is 44.8 Å². The van der Waals surface area contributed by atoms with Gasteiger partial charge < -0.3 is 9.84 Å². The van der Waals surface area contributed by atoms with Crippen LogP contribution in [0.15, 0.2) is 28.5 Å². The number of ether oxygens (including phenoxy) is 1. The first-order valence-electron chi connectivity index (χ1n) is 7.41. The third-order valence-electron chi connectivity index (χ3n) is 3.30. The summed E-state index contributed by atoms with van der Waals surface area (Å²) in [6, 6.07) is 5.35. The molecule has 2 aromatic rings. The Balaban J connectivity index is 2.16. The van der Waals surface area contributed by atoms with Crippen molar-refractivity contribution in [3.8, 4) is 5.75 Å². The van der Waals surface area contributed by atoms with Gasteiger partial charge in [0.2, 0.25) is 0 Å². The molecule has 5 nitrogen and oxygen atoms in total. The summed E-state index contributed by atoms with van der Waals surface area (Å²) < 4.78 is 30.1. The number of rotatable bonds is 7. The number of hydrogen-bond acceptors (Lipinski definition) is 6. The molecule has 0 spiro atoms. The van der Waals surface area contributed by atoms with Crippen molar-refractivity contribution in [1.82, 2.24) is 0 Å². The van der Waals surface area contributed by atoms with Crippen LogP contribution in [0.5, 0.6) is 5.75 Å². The fourth-order valence-electron chi connectivity index (χ4n) is 2.00. The molecule has 0 aliphatic heterocycles. The maximum absolute atomic E-state index is 12.4. The first kappa shape index (κ1) is 20.0. The second-order valence-electron chi connectivity index (χ2n) is 5.29. The lowest BCUT2D eigenvalue weighted by Gasteiger charge is -2.08. The van der Waals surface area contributed by atoms with E-state index in [1.165, 1.54) is 24.3 Å². The monoisotopic (exact) mass is 422 g/mol. The first-order chi connectivity index (χ1) is 11.7. The highest BCUT2D eigenvalue weighted by Gasteiger charge is 2.21. The summed E-state index contributed by atoms with van der Waals surface area (Å²) in [6.45, 7) is 2.24. The maximum atomic E-state index is 12.4. The average molecular weight is 423 g/mol. The Bertz CT molecular complexity index is 855. The Morgan fingerprint density at radius 2 is 2.00 bits per heavy atom. The number of carbonyl (C=O) groups is 1. The lowest BCUT2D eigenvalue weighted by molar-refractivity contribution is 0.0496. The van der Waals surface area contributed by atoms with Crippen molar-refractivity contribution < 1.29 is 23.1 Å². The second kappa shape index (κ2) is 8.40. The van der Waals surface area contributed by atoms with Crippen molar-refractivity contribution in [1.29, 1.82) is 0 Å². The highest BCUT2D eigenvalue weighted by Crippen LogP contribution is 2.35. The predicted molar refractivity (Wildman–Crippen MR) is 98.5 cm³/mol. The zero-order valence-electron chi connectivity index (χ0n) is 13.3. The summed E-state index contributed by atoms with van der Waals surface area (Å²) in [5, 5.41) is 10.2. The zero-order valence-corrected chi connectivity index (χ0v) is 16.4. The van der Waals surface area contributed by atoms with Crippen molar-refractivity contribution in [2.24, 2.45) is 0 Å². The highest BCUT2D eigenvalue weighted by atomic mass is 35.5. The van der Waals surface area contributed by atoms with Crippen LogP contribution in [-0.2, 0) is 20.3 Å². The molecule has 0 unspecified atom stereocenters. The average Bonchev–Trinajstić information content (AvgIpc) is 2.87. The van der Waals surface area contributed by atoms with Gasteiger partial charge in [-0.3, -0.25) is 0 Å². The second-order valence-corrected chi connectivity index (χ2v) is 9.57. The van der Waals surface area contributed by atoms with Crippen LogP contribution in [0.4, 0.5) is 0 Å². The third kappa shape index (κ3) is 5.10. The van der Waals surface area contributed by atoms with Crippen LogP contribution >= 0.6 is 34.5 Å². The number of unbranched alkanes of at least 4 members (excludes halogenated alkanes) is 1. The minimum atomic E-state index is -3.66. The van der Waals surface area contributed by atoms with E-state index in [9.17, 15) is 18.3 Å². The zero-order chi connectivity index (χ0) is 18.6. The van der Waals surface area contributed by atoms with Gasteiger partial charge in [0.15, 0.2) is 9.84 Å². The van der Waals surface area contributed by atoms with Crippen LogP contribution in [0, 0.1) is 0 Å². The Kier molecular flexibility index (Phi) is 6.73. The van der Waals surface area contributed by atoms with Crippen LogP contribution < -0.4 is 0 Å². The topological polar surface area (TPSA) is 80.7 Å². The fourth-order valence-corrected chi connectivity index (χ4v) is 5.30. The molecule has 0 aliphatic rings. The molecule has 0 amide bonds. The number of benzene rings is 1. The summed E-state index contributed by atoms with van der Waals surface area (Å²) in [7, 11) is -3.66. The normalized spacial score (nSPS) is 11.5. The highest BCUT2D eigenvalue weighted by molar-refractivity contribution is 7.92. The van der Waals surface area contributed by atoms with Crippen molar-refractivity contribution in [2.75, 3.05) is 6.61 Å². The number of phenols is 1. The van der Waals surface area contributed by atoms with Crippen LogP contribution in [0.1, 0.15) is 35.7 Å².